The Balaban J connectivity index is 1.94. The number of carbonyl (C=O) groups excluding carboxylic acids is 1. The number of hydrogen-bond acceptors (Lipinski definition) is 5. The lowest BCUT2D eigenvalue weighted by Gasteiger charge is -2.21. The predicted octanol–water partition coefficient (Wildman–Crippen LogP) is 3.27. The number of hydrogen-bond donors (Lipinski definition) is 1. The second-order valence-corrected chi connectivity index (χ2v) is 7.53. The van der Waals surface area contributed by atoms with Gasteiger partial charge in [-0.3, -0.25) is 14.2 Å². The monoisotopic (exact) mass is 450 g/mol. The molecule has 2 aromatic carbocycles. The van der Waals surface area contributed by atoms with Crippen LogP contribution >= 0.6 is 0 Å². The van der Waals surface area contributed by atoms with Crippen molar-refractivity contribution in [3.63, 3.8) is 0 Å². The van der Waals surface area contributed by atoms with Crippen molar-refractivity contribution >= 4 is 16.9 Å². The molecular formula is C24H20F2N4O3. The topological polar surface area (TPSA) is 100 Å². The maximum Gasteiger partial charge on any atom is 0.267 e. The molecule has 0 saturated heterocycles. The van der Waals surface area contributed by atoms with E-state index in [4.69, 9.17) is 10.5 Å². The van der Waals surface area contributed by atoms with Gasteiger partial charge >= 0.3 is 0 Å². The summed E-state index contributed by atoms with van der Waals surface area (Å²) < 4.78 is 34.2. The van der Waals surface area contributed by atoms with Gasteiger partial charge in [0.2, 0.25) is 5.91 Å². The first-order valence-corrected chi connectivity index (χ1v) is 10.1. The molecule has 0 bridgehead atoms. The minimum Gasteiger partial charge on any atom is -0.497 e. The van der Waals surface area contributed by atoms with E-state index < -0.39 is 29.0 Å². The van der Waals surface area contributed by atoms with E-state index in [2.05, 4.69) is 9.97 Å². The minimum absolute atomic E-state index is 0.0263. The van der Waals surface area contributed by atoms with Crippen molar-refractivity contribution in [1.29, 1.82) is 0 Å². The smallest absolute Gasteiger partial charge is 0.267 e. The lowest BCUT2D eigenvalue weighted by atomic mass is 9.94. The average Bonchev–Trinajstić information content (AvgIpc) is 2.78. The maximum absolute atomic E-state index is 13.8. The first-order valence-electron chi connectivity index (χ1n) is 10.1. The highest BCUT2D eigenvalue weighted by atomic mass is 19.1. The van der Waals surface area contributed by atoms with E-state index in [-0.39, 0.29) is 29.7 Å². The number of nitrogens with two attached hydrogens (primary N) is 1. The number of halogens is 2. The van der Waals surface area contributed by atoms with Gasteiger partial charge in [-0.15, -0.1) is 0 Å². The van der Waals surface area contributed by atoms with Crippen LogP contribution in [0.5, 0.6) is 5.75 Å². The van der Waals surface area contributed by atoms with E-state index in [1.54, 1.807) is 36.4 Å². The van der Waals surface area contributed by atoms with Crippen molar-refractivity contribution in [3.05, 3.63) is 94.2 Å². The fraction of sp³-hybridized carbons (Fsp3) is 0.167. The molecule has 0 aliphatic carbocycles. The summed E-state index contributed by atoms with van der Waals surface area (Å²) in [6.45, 7) is 0. The summed E-state index contributed by atoms with van der Waals surface area (Å²) in [5.74, 6) is -2.09. The first-order chi connectivity index (χ1) is 15.9. The van der Waals surface area contributed by atoms with Crippen LogP contribution in [0.15, 0.2) is 65.6 Å². The molecule has 0 fully saturated rings. The number of pyridine rings is 1. The Morgan fingerprint density at radius 3 is 2.45 bits per heavy atom. The molecule has 1 amide bonds. The minimum atomic E-state index is -0.747. The average molecular weight is 450 g/mol. The summed E-state index contributed by atoms with van der Waals surface area (Å²) >= 11 is 0. The second-order valence-electron chi connectivity index (χ2n) is 7.53. The molecule has 7 nitrogen and oxygen atoms in total. The Morgan fingerprint density at radius 2 is 1.82 bits per heavy atom. The highest BCUT2D eigenvalue weighted by Gasteiger charge is 2.24. The summed E-state index contributed by atoms with van der Waals surface area (Å²) in [4.78, 5) is 34.1. The molecule has 0 unspecified atom stereocenters. The van der Waals surface area contributed by atoms with Gasteiger partial charge in [0.05, 0.1) is 18.2 Å². The van der Waals surface area contributed by atoms with Gasteiger partial charge in [0.15, 0.2) is 5.65 Å². The molecular weight excluding hydrogens is 430 g/mol. The summed E-state index contributed by atoms with van der Waals surface area (Å²) in [6, 6.07) is 13.1. The van der Waals surface area contributed by atoms with Gasteiger partial charge < -0.3 is 10.5 Å². The largest absolute Gasteiger partial charge is 0.497 e. The van der Waals surface area contributed by atoms with E-state index in [0.29, 0.717) is 17.0 Å². The second kappa shape index (κ2) is 9.15. The molecule has 1 atom stereocenters. The highest BCUT2D eigenvalue weighted by molar-refractivity contribution is 5.76. The SMILES string of the molecule is COc1ccc(-n2c([C@H](CC(N)=O)Cc3cc(F)cc(F)c3)nc3ncccc3c2=O)cc1. The van der Waals surface area contributed by atoms with Crippen LogP contribution in [0.1, 0.15) is 23.7 Å². The van der Waals surface area contributed by atoms with Crippen LogP contribution in [0.4, 0.5) is 8.78 Å². The Kier molecular flexibility index (Phi) is 6.12. The number of ether oxygens (including phenoxy) is 1. The Bertz CT molecular complexity index is 1370. The van der Waals surface area contributed by atoms with Crippen LogP contribution in [0.25, 0.3) is 16.7 Å². The zero-order chi connectivity index (χ0) is 23.5. The Morgan fingerprint density at radius 1 is 1.12 bits per heavy atom. The fourth-order valence-electron chi connectivity index (χ4n) is 3.80. The number of aromatic nitrogens is 3. The molecule has 2 N–H and O–H groups in total. The number of primary amides is 1. The fourth-order valence-corrected chi connectivity index (χ4v) is 3.80. The van der Waals surface area contributed by atoms with Gasteiger partial charge in [-0.1, -0.05) is 0 Å². The lowest BCUT2D eigenvalue weighted by molar-refractivity contribution is -0.118. The molecule has 9 heteroatoms. The quantitative estimate of drug-likeness (QED) is 0.466. The zero-order valence-corrected chi connectivity index (χ0v) is 17.7. The van der Waals surface area contributed by atoms with Gasteiger partial charge in [0, 0.05) is 24.6 Å². The van der Waals surface area contributed by atoms with Crippen molar-refractivity contribution in [1.82, 2.24) is 14.5 Å². The van der Waals surface area contributed by atoms with Crippen molar-refractivity contribution < 1.29 is 18.3 Å². The summed E-state index contributed by atoms with van der Waals surface area (Å²) in [5.41, 5.74) is 6.07. The molecule has 0 spiro atoms. The number of nitrogens with zero attached hydrogens (tertiary/aromatic N) is 3. The van der Waals surface area contributed by atoms with Crippen LogP contribution in [0.2, 0.25) is 0 Å². The molecule has 0 saturated carbocycles. The molecule has 2 aromatic heterocycles. The van der Waals surface area contributed by atoms with Gasteiger partial charge in [-0.25, -0.2) is 18.7 Å². The molecule has 4 aromatic rings. The number of fused-ring (bicyclic) bond motifs is 1. The summed E-state index contributed by atoms with van der Waals surface area (Å²) in [5, 5.41) is 0.284. The zero-order valence-electron chi connectivity index (χ0n) is 17.7. The molecule has 0 aliphatic heterocycles. The molecule has 4 rings (SSSR count). The Labute approximate surface area is 187 Å². The van der Waals surface area contributed by atoms with Crippen LogP contribution in [0.3, 0.4) is 0 Å². The van der Waals surface area contributed by atoms with Crippen molar-refractivity contribution in [2.45, 2.75) is 18.8 Å². The predicted molar refractivity (Wildman–Crippen MR) is 118 cm³/mol. The third-order valence-corrected chi connectivity index (χ3v) is 5.22. The van der Waals surface area contributed by atoms with E-state index in [0.717, 1.165) is 6.07 Å². The highest BCUT2D eigenvalue weighted by Crippen LogP contribution is 2.27. The van der Waals surface area contributed by atoms with Gasteiger partial charge in [-0.05, 0) is 60.5 Å². The molecule has 33 heavy (non-hydrogen) atoms. The first kappa shape index (κ1) is 22.1. The van der Waals surface area contributed by atoms with E-state index >= 15 is 0 Å². The number of methoxy groups -OCH3 is 1. The number of amides is 1. The molecule has 168 valence electrons. The summed E-state index contributed by atoms with van der Waals surface area (Å²) in [7, 11) is 1.52. The molecule has 2 heterocycles. The number of rotatable bonds is 7. The third kappa shape index (κ3) is 4.72. The number of carbonyl (C=O) groups is 1. The van der Waals surface area contributed by atoms with Crippen molar-refractivity contribution in [2.24, 2.45) is 5.73 Å². The van der Waals surface area contributed by atoms with Gasteiger partial charge in [0.1, 0.15) is 23.2 Å². The molecule has 0 radical (unpaired) electrons. The van der Waals surface area contributed by atoms with Crippen molar-refractivity contribution in [3.8, 4) is 11.4 Å². The molecule has 0 aliphatic rings. The van der Waals surface area contributed by atoms with E-state index in [1.807, 2.05) is 0 Å². The number of benzene rings is 2. The van der Waals surface area contributed by atoms with Crippen LogP contribution in [-0.4, -0.2) is 27.6 Å². The normalized spacial score (nSPS) is 12.0. The third-order valence-electron chi connectivity index (χ3n) is 5.22. The van der Waals surface area contributed by atoms with Gasteiger partial charge in [0.25, 0.3) is 5.56 Å². The van der Waals surface area contributed by atoms with Gasteiger partial charge in [-0.2, -0.15) is 0 Å². The van der Waals surface area contributed by atoms with Crippen LogP contribution in [-0.2, 0) is 11.2 Å². The van der Waals surface area contributed by atoms with Crippen molar-refractivity contribution in [2.75, 3.05) is 7.11 Å². The van der Waals surface area contributed by atoms with Crippen LogP contribution in [0, 0.1) is 11.6 Å². The summed E-state index contributed by atoms with van der Waals surface area (Å²) in [6.07, 6.45) is 1.33. The lowest BCUT2D eigenvalue weighted by Crippen LogP contribution is -2.28. The Hall–Kier alpha value is -4.14. The van der Waals surface area contributed by atoms with Crippen LogP contribution < -0.4 is 16.0 Å². The van der Waals surface area contributed by atoms with E-state index in [1.165, 1.54) is 30.0 Å². The van der Waals surface area contributed by atoms with E-state index in [9.17, 15) is 18.4 Å². The maximum atomic E-state index is 13.8. The standard InChI is InChI=1S/C24H20F2N4O3/c1-33-19-6-4-18(5-7-19)30-23(29-22-20(24(30)32)3-2-8-28-22)15(12-21(27)31)9-14-10-16(25)13-17(26)11-14/h2-8,10-11,13,15H,9,12H2,1H3,(H2,27,31)/t15-/m0/s1.